The van der Waals surface area contributed by atoms with Gasteiger partial charge in [-0.25, -0.2) is 0 Å². The molecule has 1 heteroatoms. The van der Waals surface area contributed by atoms with Gasteiger partial charge in [-0.15, -0.1) is 0 Å². The van der Waals surface area contributed by atoms with Crippen molar-refractivity contribution >= 4 is 27.8 Å². The quantitative estimate of drug-likeness (QED) is 0.149. The molecule has 0 unspecified atom stereocenters. The van der Waals surface area contributed by atoms with Gasteiger partial charge in [0.25, 0.3) is 0 Å². The number of fused-ring (bicyclic) bond motifs is 4. The van der Waals surface area contributed by atoms with Gasteiger partial charge in [-0.1, -0.05) is 218 Å². The fourth-order valence-electron chi connectivity index (χ4n) is 9.77. The van der Waals surface area contributed by atoms with Gasteiger partial charge >= 0.3 is 0 Å². The van der Waals surface area contributed by atoms with Gasteiger partial charge in [0.1, 0.15) is 0 Å². The van der Waals surface area contributed by atoms with Crippen LogP contribution in [-0.2, 0) is 5.41 Å². The molecule has 1 nitrogen and oxygen atoms in total. The van der Waals surface area contributed by atoms with Crippen LogP contribution < -0.4 is 4.90 Å². The van der Waals surface area contributed by atoms with Crippen molar-refractivity contribution in [1.82, 2.24) is 0 Å². The number of para-hydroxylation sites is 1. The van der Waals surface area contributed by atoms with Gasteiger partial charge in [-0.3, -0.25) is 0 Å². The van der Waals surface area contributed by atoms with Crippen LogP contribution in [0.5, 0.6) is 0 Å². The highest BCUT2D eigenvalue weighted by atomic mass is 15.1. The second-order valence-corrected chi connectivity index (χ2v) is 15.6. The molecule has 0 spiro atoms. The van der Waals surface area contributed by atoms with Gasteiger partial charge < -0.3 is 4.90 Å². The summed E-state index contributed by atoms with van der Waals surface area (Å²) in [5.74, 6) is 0. The zero-order chi connectivity index (χ0) is 39.9. The molecule has 0 bridgehead atoms. The molecule has 10 aromatic rings. The lowest BCUT2D eigenvalue weighted by atomic mass is 9.68. The van der Waals surface area contributed by atoms with Crippen LogP contribution in [0.1, 0.15) is 22.3 Å². The predicted octanol–water partition coefficient (Wildman–Crippen LogP) is 15.7. The van der Waals surface area contributed by atoms with Gasteiger partial charge in [0.05, 0.1) is 16.8 Å². The van der Waals surface area contributed by atoms with Crippen LogP contribution in [0.2, 0.25) is 0 Å². The second-order valence-electron chi connectivity index (χ2n) is 15.6. The maximum absolute atomic E-state index is 2.51. The molecule has 0 fully saturated rings. The third-order valence-electron chi connectivity index (χ3n) is 12.3. The highest BCUT2D eigenvalue weighted by molar-refractivity contribution is 6.01. The molecule has 0 N–H and O–H groups in total. The number of nitrogens with zero attached hydrogens (tertiary/aromatic N) is 1. The van der Waals surface area contributed by atoms with E-state index in [0.717, 1.165) is 28.2 Å². The Hall–Kier alpha value is -7.74. The molecule has 0 heterocycles. The van der Waals surface area contributed by atoms with Crippen molar-refractivity contribution in [2.75, 3.05) is 4.90 Å². The molecule has 1 aliphatic rings. The molecule has 60 heavy (non-hydrogen) atoms. The molecular weight excluding hydrogens is 723 g/mol. The van der Waals surface area contributed by atoms with Crippen molar-refractivity contribution in [3.05, 3.63) is 271 Å². The average molecular weight is 764 g/mol. The lowest BCUT2D eigenvalue weighted by molar-refractivity contribution is 0.768. The van der Waals surface area contributed by atoms with E-state index in [1.54, 1.807) is 0 Å². The molecule has 0 aromatic heterocycles. The van der Waals surface area contributed by atoms with Crippen LogP contribution in [0.15, 0.2) is 249 Å². The number of hydrogen-bond acceptors (Lipinski definition) is 1. The summed E-state index contributed by atoms with van der Waals surface area (Å²) in [4.78, 5) is 2.51. The van der Waals surface area contributed by atoms with Crippen molar-refractivity contribution in [3.63, 3.8) is 0 Å². The summed E-state index contributed by atoms with van der Waals surface area (Å²) in [5.41, 5.74) is 17.5. The van der Waals surface area contributed by atoms with E-state index in [-0.39, 0.29) is 0 Å². The minimum atomic E-state index is -0.523. The first-order valence-electron chi connectivity index (χ1n) is 20.8. The van der Waals surface area contributed by atoms with E-state index in [4.69, 9.17) is 0 Å². The first kappa shape index (κ1) is 35.4. The lowest BCUT2D eigenvalue weighted by Gasteiger charge is -2.34. The zero-order valence-corrected chi connectivity index (χ0v) is 33.1. The minimum absolute atomic E-state index is 0.523. The zero-order valence-electron chi connectivity index (χ0n) is 33.1. The Morgan fingerprint density at radius 2 is 0.800 bits per heavy atom. The van der Waals surface area contributed by atoms with E-state index in [1.807, 2.05) is 0 Å². The monoisotopic (exact) mass is 763 g/mol. The standard InChI is InChI=1S/C59H41N/c1-4-20-42(21-5-1)44-24-16-25-45(40-44)52-33-13-15-38-56(52)60(49-31-17-26-46(41-49)51-35-18-23-43-22-10-11-32-50(43)51)57-39-19-37-55-58(57)53-34-12-14-36-54(53)59(55,47-27-6-2-7-28-47)48-29-8-3-9-30-48/h1-41H. The molecule has 0 atom stereocenters. The number of benzene rings is 10. The molecule has 0 aliphatic heterocycles. The van der Waals surface area contributed by atoms with Crippen LogP contribution in [0.25, 0.3) is 55.3 Å². The van der Waals surface area contributed by atoms with Crippen molar-refractivity contribution in [3.8, 4) is 44.5 Å². The molecular formula is C59H41N. The van der Waals surface area contributed by atoms with Crippen LogP contribution in [0.4, 0.5) is 17.1 Å². The molecule has 1 aliphatic carbocycles. The third-order valence-corrected chi connectivity index (χ3v) is 12.3. The van der Waals surface area contributed by atoms with E-state index in [0.29, 0.717) is 0 Å². The Bertz CT molecular complexity index is 3100. The van der Waals surface area contributed by atoms with Crippen molar-refractivity contribution in [2.24, 2.45) is 0 Å². The van der Waals surface area contributed by atoms with E-state index >= 15 is 0 Å². The topological polar surface area (TPSA) is 3.24 Å². The molecule has 0 radical (unpaired) electrons. The Kier molecular flexibility index (Phi) is 8.79. The Morgan fingerprint density at radius 3 is 1.58 bits per heavy atom. The molecule has 282 valence electrons. The number of anilines is 3. The van der Waals surface area contributed by atoms with Crippen molar-refractivity contribution in [1.29, 1.82) is 0 Å². The van der Waals surface area contributed by atoms with Gasteiger partial charge in [-0.05, 0) is 96.7 Å². The van der Waals surface area contributed by atoms with Crippen LogP contribution in [-0.4, -0.2) is 0 Å². The first-order valence-corrected chi connectivity index (χ1v) is 20.8. The molecule has 0 saturated heterocycles. The maximum Gasteiger partial charge on any atom is 0.0714 e. The van der Waals surface area contributed by atoms with Crippen molar-refractivity contribution in [2.45, 2.75) is 5.41 Å². The third kappa shape index (κ3) is 5.78. The van der Waals surface area contributed by atoms with Crippen LogP contribution in [0, 0.1) is 0 Å². The summed E-state index contributed by atoms with van der Waals surface area (Å²) in [6, 6.07) is 91.1. The summed E-state index contributed by atoms with van der Waals surface area (Å²) in [7, 11) is 0. The van der Waals surface area contributed by atoms with E-state index in [1.165, 1.54) is 66.4 Å². The Morgan fingerprint density at radius 1 is 0.300 bits per heavy atom. The van der Waals surface area contributed by atoms with E-state index < -0.39 is 5.41 Å². The molecule has 0 saturated carbocycles. The molecule has 0 amide bonds. The normalized spacial score (nSPS) is 12.5. The highest BCUT2D eigenvalue weighted by Gasteiger charge is 2.47. The molecule has 10 aromatic carbocycles. The molecule has 11 rings (SSSR count). The van der Waals surface area contributed by atoms with Gasteiger partial charge in [-0.2, -0.15) is 0 Å². The Balaban J connectivity index is 1.20. The predicted molar refractivity (Wildman–Crippen MR) is 252 cm³/mol. The number of hydrogen-bond donors (Lipinski definition) is 0. The summed E-state index contributed by atoms with van der Waals surface area (Å²) < 4.78 is 0. The van der Waals surface area contributed by atoms with Crippen LogP contribution in [0.3, 0.4) is 0 Å². The fourth-order valence-corrected chi connectivity index (χ4v) is 9.77. The van der Waals surface area contributed by atoms with Gasteiger partial charge in [0.2, 0.25) is 0 Å². The largest absolute Gasteiger partial charge is 0.309 e. The summed E-state index contributed by atoms with van der Waals surface area (Å²) in [6.45, 7) is 0. The minimum Gasteiger partial charge on any atom is -0.309 e. The summed E-state index contributed by atoms with van der Waals surface area (Å²) in [6.07, 6.45) is 0. The number of rotatable bonds is 8. The van der Waals surface area contributed by atoms with E-state index in [9.17, 15) is 0 Å². The maximum atomic E-state index is 2.51. The first-order chi connectivity index (χ1) is 29.8. The fraction of sp³-hybridized carbons (Fsp3) is 0.0169. The van der Waals surface area contributed by atoms with Gasteiger partial charge in [0, 0.05) is 16.8 Å². The summed E-state index contributed by atoms with van der Waals surface area (Å²) >= 11 is 0. The van der Waals surface area contributed by atoms with E-state index in [2.05, 4.69) is 254 Å². The average Bonchev–Trinajstić information content (AvgIpc) is 3.64. The van der Waals surface area contributed by atoms with Crippen molar-refractivity contribution < 1.29 is 0 Å². The smallest absolute Gasteiger partial charge is 0.0714 e. The lowest BCUT2D eigenvalue weighted by Crippen LogP contribution is -2.28. The Labute approximate surface area is 352 Å². The second kappa shape index (κ2) is 14.9. The SMILES string of the molecule is c1ccc(-c2cccc(-c3ccccc3N(c3cccc(-c4cccc5ccccc45)c3)c3cccc4c3-c3ccccc3C4(c3ccccc3)c3ccccc3)c2)cc1. The highest BCUT2D eigenvalue weighted by Crippen LogP contribution is 2.60. The van der Waals surface area contributed by atoms with Gasteiger partial charge in [0.15, 0.2) is 0 Å². The summed E-state index contributed by atoms with van der Waals surface area (Å²) in [5, 5.41) is 2.48. The van der Waals surface area contributed by atoms with Crippen LogP contribution >= 0.6 is 0 Å².